The van der Waals surface area contributed by atoms with E-state index in [2.05, 4.69) is 56.9 Å². The second kappa shape index (κ2) is 10.2. The highest BCUT2D eigenvalue weighted by Crippen LogP contribution is 2.29. The average molecular weight is 406 g/mol. The van der Waals surface area contributed by atoms with Crippen molar-refractivity contribution in [3.8, 4) is 10.6 Å². The van der Waals surface area contributed by atoms with Crippen molar-refractivity contribution in [1.82, 2.24) is 20.5 Å². The minimum absolute atomic E-state index is 0.533. The van der Waals surface area contributed by atoms with E-state index in [1.807, 2.05) is 18.4 Å². The summed E-state index contributed by atoms with van der Waals surface area (Å²) >= 11 is 3.55. The van der Waals surface area contributed by atoms with E-state index in [-0.39, 0.29) is 0 Å². The third-order valence-electron chi connectivity index (χ3n) is 4.89. The van der Waals surface area contributed by atoms with Gasteiger partial charge in [0.05, 0.1) is 15.6 Å². The number of aryl methyl sites for hydroxylation is 1. The first-order valence-electron chi connectivity index (χ1n) is 9.88. The number of nitrogens with one attached hydrogen (secondary N) is 2. The molecule has 0 atom stereocenters. The first-order valence-corrected chi connectivity index (χ1v) is 11.6. The molecule has 0 saturated carbocycles. The van der Waals surface area contributed by atoms with E-state index in [1.54, 1.807) is 11.3 Å². The molecule has 1 fully saturated rings. The van der Waals surface area contributed by atoms with Crippen molar-refractivity contribution in [2.45, 2.75) is 45.6 Å². The zero-order valence-electron chi connectivity index (χ0n) is 16.6. The fourth-order valence-electron chi connectivity index (χ4n) is 3.44. The smallest absolute Gasteiger partial charge is 0.191 e. The summed E-state index contributed by atoms with van der Waals surface area (Å²) in [5, 5.41) is 10.3. The van der Waals surface area contributed by atoms with Crippen LogP contribution < -0.4 is 10.6 Å². The number of hydrogen-bond acceptors (Lipinski definition) is 5. The molecule has 2 N–H and O–H groups in total. The Labute approximate surface area is 170 Å². The van der Waals surface area contributed by atoms with Gasteiger partial charge in [-0.3, -0.25) is 4.99 Å². The molecule has 2 aromatic rings. The van der Waals surface area contributed by atoms with Crippen LogP contribution in [0, 0.1) is 6.92 Å². The minimum atomic E-state index is 0.533. The van der Waals surface area contributed by atoms with Gasteiger partial charge in [0.15, 0.2) is 5.96 Å². The van der Waals surface area contributed by atoms with Crippen molar-refractivity contribution in [3.05, 3.63) is 27.4 Å². The number of nitrogens with zero attached hydrogens (tertiary/aromatic N) is 3. The van der Waals surface area contributed by atoms with E-state index in [4.69, 9.17) is 0 Å². The number of aliphatic imine (C=N–C) groups is 1. The minimum Gasteiger partial charge on any atom is -0.356 e. The molecule has 1 aliphatic heterocycles. The average Bonchev–Trinajstić information content (AvgIpc) is 3.31. The number of thiazole rings is 1. The van der Waals surface area contributed by atoms with Crippen LogP contribution in [0.4, 0.5) is 0 Å². The molecule has 2 aromatic heterocycles. The number of aromatic nitrogens is 1. The Hall–Kier alpha value is -1.44. The van der Waals surface area contributed by atoms with Crippen LogP contribution in [0.25, 0.3) is 10.6 Å². The maximum atomic E-state index is 4.58. The largest absolute Gasteiger partial charge is 0.356 e. The number of thiophene rings is 1. The lowest BCUT2D eigenvalue weighted by atomic mass is 10.1. The van der Waals surface area contributed by atoms with E-state index < -0.39 is 0 Å². The molecule has 0 bridgehead atoms. The lowest BCUT2D eigenvalue weighted by Crippen LogP contribution is -2.49. The fourth-order valence-corrected chi connectivity index (χ4v) is 5.09. The SMILES string of the molecule is CCCN1CCC(NC(=NC)NCCc2ccc(-c3csc(C)n3)s2)CC1. The van der Waals surface area contributed by atoms with Crippen molar-refractivity contribution in [1.29, 1.82) is 0 Å². The lowest BCUT2D eigenvalue weighted by Gasteiger charge is -2.32. The van der Waals surface area contributed by atoms with Crippen molar-refractivity contribution >= 4 is 28.6 Å². The molecule has 3 heterocycles. The molecular formula is C20H31N5S2. The van der Waals surface area contributed by atoms with Gasteiger partial charge in [0.2, 0.25) is 0 Å². The summed E-state index contributed by atoms with van der Waals surface area (Å²) in [5.41, 5.74) is 1.11. The molecule has 5 nitrogen and oxygen atoms in total. The van der Waals surface area contributed by atoms with Crippen LogP contribution in [0.3, 0.4) is 0 Å². The predicted molar refractivity (Wildman–Crippen MR) is 118 cm³/mol. The van der Waals surface area contributed by atoms with Crippen LogP contribution >= 0.6 is 22.7 Å². The Morgan fingerprint density at radius 1 is 1.33 bits per heavy atom. The Bertz CT molecular complexity index is 728. The molecule has 148 valence electrons. The number of likely N-dealkylation sites (tertiary alicyclic amines) is 1. The topological polar surface area (TPSA) is 52.5 Å². The highest BCUT2D eigenvalue weighted by molar-refractivity contribution is 7.16. The highest BCUT2D eigenvalue weighted by atomic mass is 32.1. The summed E-state index contributed by atoms with van der Waals surface area (Å²) in [7, 11) is 1.86. The van der Waals surface area contributed by atoms with Gasteiger partial charge >= 0.3 is 0 Å². The van der Waals surface area contributed by atoms with Gasteiger partial charge in [-0.05, 0) is 51.3 Å². The molecule has 0 unspecified atom stereocenters. The molecule has 0 amide bonds. The number of guanidine groups is 1. The van der Waals surface area contributed by atoms with Crippen molar-refractivity contribution < 1.29 is 0 Å². The van der Waals surface area contributed by atoms with Gasteiger partial charge in [0.1, 0.15) is 0 Å². The number of hydrogen-bond donors (Lipinski definition) is 2. The van der Waals surface area contributed by atoms with Crippen LogP contribution in [0.2, 0.25) is 0 Å². The highest BCUT2D eigenvalue weighted by Gasteiger charge is 2.19. The fraction of sp³-hybridized carbons (Fsp3) is 0.600. The standard InChI is InChI=1S/C20H31N5S2/c1-4-11-25-12-8-16(9-13-25)24-20(21-3)22-10-7-17-5-6-19(27-17)18-14-26-15(2)23-18/h5-6,14,16H,4,7-13H2,1-3H3,(H2,21,22,24). The van der Waals surface area contributed by atoms with Crippen molar-refractivity contribution in [2.75, 3.05) is 33.2 Å². The third kappa shape index (κ3) is 6.02. The maximum Gasteiger partial charge on any atom is 0.191 e. The summed E-state index contributed by atoms with van der Waals surface area (Å²) in [5.74, 6) is 0.927. The molecule has 3 rings (SSSR count). The Morgan fingerprint density at radius 3 is 2.81 bits per heavy atom. The molecule has 1 saturated heterocycles. The van der Waals surface area contributed by atoms with Gasteiger partial charge in [0, 0.05) is 43.0 Å². The molecule has 0 aliphatic carbocycles. The first kappa shape index (κ1) is 20.3. The molecule has 0 spiro atoms. The number of piperidine rings is 1. The number of rotatable bonds is 7. The van der Waals surface area contributed by atoms with Crippen LogP contribution in [0.5, 0.6) is 0 Å². The molecule has 0 aromatic carbocycles. The molecule has 0 radical (unpaired) electrons. The Kier molecular flexibility index (Phi) is 7.67. The predicted octanol–water partition coefficient (Wildman–Crippen LogP) is 3.76. The molecule has 1 aliphatic rings. The third-order valence-corrected chi connectivity index (χ3v) is 6.83. The van der Waals surface area contributed by atoms with Crippen molar-refractivity contribution in [2.24, 2.45) is 4.99 Å². The second-order valence-electron chi connectivity index (χ2n) is 7.03. The summed E-state index contributed by atoms with van der Waals surface area (Å²) < 4.78 is 0. The summed E-state index contributed by atoms with van der Waals surface area (Å²) in [6, 6.07) is 4.94. The van der Waals surface area contributed by atoms with Gasteiger partial charge in [-0.2, -0.15) is 0 Å². The van der Waals surface area contributed by atoms with Crippen LogP contribution in [-0.2, 0) is 6.42 Å². The van der Waals surface area contributed by atoms with Crippen molar-refractivity contribution in [3.63, 3.8) is 0 Å². The Balaban J connectivity index is 1.41. The van der Waals surface area contributed by atoms with E-state index in [0.717, 1.165) is 29.6 Å². The Morgan fingerprint density at radius 2 is 2.15 bits per heavy atom. The van der Waals surface area contributed by atoms with E-state index in [1.165, 1.54) is 48.7 Å². The normalized spacial score (nSPS) is 16.6. The van der Waals surface area contributed by atoms with E-state index >= 15 is 0 Å². The maximum absolute atomic E-state index is 4.58. The van der Waals surface area contributed by atoms with Gasteiger partial charge in [-0.1, -0.05) is 6.92 Å². The van der Waals surface area contributed by atoms with Crippen LogP contribution in [-0.4, -0.2) is 55.1 Å². The molecule has 7 heteroatoms. The van der Waals surface area contributed by atoms with E-state index in [0.29, 0.717) is 6.04 Å². The van der Waals surface area contributed by atoms with E-state index in [9.17, 15) is 0 Å². The summed E-state index contributed by atoms with van der Waals surface area (Å²) in [6.07, 6.45) is 4.64. The van der Waals surface area contributed by atoms with Gasteiger partial charge in [0.25, 0.3) is 0 Å². The summed E-state index contributed by atoms with van der Waals surface area (Å²) in [6.45, 7) is 8.81. The zero-order valence-corrected chi connectivity index (χ0v) is 18.3. The first-order chi connectivity index (χ1) is 13.2. The van der Waals surface area contributed by atoms with Crippen LogP contribution in [0.1, 0.15) is 36.1 Å². The lowest BCUT2D eigenvalue weighted by molar-refractivity contribution is 0.206. The monoisotopic (exact) mass is 405 g/mol. The van der Waals surface area contributed by atoms with Crippen LogP contribution in [0.15, 0.2) is 22.5 Å². The molecular weight excluding hydrogens is 374 g/mol. The van der Waals surface area contributed by atoms with Gasteiger partial charge in [-0.15, -0.1) is 22.7 Å². The zero-order chi connectivity index (χ0) is 19.1. The van der Waals surface area contributed by atoms with Gasteiger partial charge < -0.3 is 15.5 Å². The quantitative estimate of drug-likeness (QED) is 0.544. The van der Waals surface area contributed by atoms with Gasteiger partial charge in [-0.25, -0.2) is 4.98 Å². The second-order valence-corrected chi connectivity index (χ2v) is 9.26. The summed E-state index contributed by atoms with van der Waals surface area (Å²) in [4.78, 5) is 14.2. The molecule has 27 heavy (non-hydrogen) atoms.